The van der Waals surface area contributed by atoms with E-state index in [9.17, 15) is 0 Å². The Kier molecular flexibility index (Phi) is 4.30. The average Bonchev–Trinajstić information content (AvgIpc) is 3.25. The topological polar surface area (TPSA) is 37.8 Å². The fourth-order valence-electron chi connectivity index (χ4n) is 2.69. The number of rotatable bonds is 5. The molecule has 3 nitrogen and oxygen atoms in total. The summed E-state index contributed by atoms with van der Waals surface area (Å²) >= 11 is 3.69. The Balaban J connectivity index is 1.54. The van der Waals surface area contributed by atoms with Crippen molar-refractivity contribution in [3.63, 3.8) is 0 Å². The van der Waals surface area contributed by atoms with Crippen LogP contribution in [-0.4, -0.2) is 21.8 Å². The van der Waals surface area contributed by atoms with Gasteiger partial charge in [-0.2, -0.15) is 0 Å². The number of allylic oxidation sites excluding steroid dienone is 1. The van der Waals surface area contributed by atoms with E-state index in [-0.39, 0.29) is 0 Å². The van der Waals surface area contributed by atoms with E-state index in [1.165, 1.54) is 16.9 Å². The largest absolute Gasteiger partial charge is 0.369 e. The summed E-state index contributed by atoms with van der Waals surface area (Å²) in [4.78, 5) is 10.1. The van der Waals surface area contributed by atoms with Crippen LogP contribution in [0.25, 0.3) is 20.7 Å². The molecule has 3 aromatic rings. The molecule has 3 heterocycles. The van der Waals surface area contributed by atoms with Gasteiger partial charge in [-0.25, -0.2) is 9.97 Å². The van der Waals surface area contributed by atoms with Gasteiger partial charge in [0.05, 0.1) is 10.2 Å². The lowest BCUT2D eigenvalue weighted by Crippen LogP contribution is -2.09. The van der Waals surface area contributed by atoms with Crippen LogP contribution in [0.1, 0.15) is 12.8 Å². The highest BCUT2D eigenvalue weighted by molar-refractivity contribution is 8.03. The number of fused-ring (bicyclic) bond motifs is 1. The first-order chi connectivity index (χ1) is 11.4. The van der Waals surface area contributed by atoms with Crippen molar-refractivity contribution in [2.45, 2.75) is 18.1 Å². The minimum atomic E-state index is 0.711. The van der Waals surface area contributed by atoms with Crippen LogP contribution in [0.4, 0.5) is 5.82 Å². The van der Waals surface area contributed by atoms with Crippen LogP contribution < -0.4 is 5.32 Å². The molecule has 0 spiro atoms. The third-order valence-corrected chi connectivity index (χ3v) is 6.24. The van der Waals surface area contributed by atoms with Crippen LogP contribution in [0.2, 0.25) is 0 Å². The number of anilines is 1. The molecular formula is C18H17N3S2. The number of thiophene rings is 1. The Labute approximate surface area is 143 Å². The molecule has 1 aromatic carbocycles. The summed E-state index contributed by atoms with van der Waals surface area (Å²) in [5.41, 5.74) is 2.25. The molecule has 0 saturated heterocycles. The molecule has 1 aliphatic rings. The van der Waals surface area contributed by atoms with E-state index in [0.717, 1.165) is 29.0 Å². The molecule has 5 heteroatoms. The lowest BCUT2D eigenvalue weighted by Gasteiger charge is -2.10. The Morgan fingerprint density at radius 2 is 2.09 bits per heavy atom. The molecule has 0 bridgehead atoms. The fraction of sp³-hybridized carbons (Fsp3) is 0.222. The molecular weight excluding hydrogens is 322 g/mol. The highest BCUT2D eigenvalue weighted by Gasteiger charge is 2.12. The lowest BCUT2D eigenvalue weighted by molar-refractivity contribution is 0.806. The molecule has 0 amide bonds. The van der Waals surface area contributed by atoms with Crippen molar-refractivity contribution in [1.82, 2.24) is 9.97 Å². The summed E-state index contributed by atoms with van der Waals surface area (Å²) in [5, 5.41) is 6.42. The van der Waals surface area contributed by atoms with Gasteiger partial charge in [0.25, 0.3) is 0 Å². The maximum atomic E-state index is 4.44. The molecule has 0 saturated carbocycles. The van der Waals surface area contributed by atoms with E-state index in [1.54, 1.807) is 17.7 Å². The number of nitrogens with zero attached hydrogens (tertiary/aromatic N) is 2. The number of nitrogens with one attached hydrogen (secondary N) is 1. The highest BCUT2D eigenvalue weighted by atomic mass is 32.2. The number of hydrogen-bond acceptors (Lipinski definition) is 5. The summed E-state index contributed by atoms with van der Waals surface area (Å²) in [6.45, 7) is 0.948. The molecule has 0 radical (unpaired) electrons. The predicted molar refractivity (Wildman–Crippen MR) is 101 cm³/mol. The molecule has 1 atom stereocenters. The Hall–Kier alpha value is -1.85. The maximum absolute atomic E-state index is 4.44. The van der Waals surface area contributed by atoms with Crippen molar-refractivity contribution < 1.29 is 0 Å². The van der Waals surface area contributed by atoms with Crippen molar-refractivity contribution in [3.05, 3.63) is 54.2 Å². The first-order valence-electron chi connectivity index (χ1n) is 7.74. The smallest absolute Gasteiger partial charge is 0.147 e. The lowest BCUT2D eigenvalue weighted by atomic mass is 10.2. The quantitative estimate of drug-likeness (QED) is 0.695. The van der Waals surface area contributed by atoms with Gasteiger partial charge in [-0.05, 0) is 29.9 Å². The van der Waals surface area contributed by atoms with Gasteiger partial charge in [0.15, 0.2) is 0 Å². The summed E-state index contributed by atoms with van der Waals surface area (Å²) < 4.78 is 1.14. The second-order valence-electron chi connectivity index (χ2n) is 5.49. The second-order valence-corrected chi connectivity index (χ2v) is 7.76. The van der Waals surface area contributed by atoms with Gasteiger partial charge in [0, 0.05) is 16.7 Å². The average molecular weight is 339 g/mol. The summed E-state index contributed by atoms with van der Waals surface area (Å²) in [6.07, 6.45) is 6.24. The molecule has 4 rings (SSSR count). The van der Waals surface area contributed by atoms with E-state index >= 15 is 0 Å². The number of thioether (sulfide) groups is 1. The molecule has 1 unspecified atom stereocenters. The van der Waals surface area contributed by atoms with Gasteiger partial charge in [-0.15, -0.1) is 23.1 Å². The van der Waals surface area contributed by atoms with E-state index in [2.05, 4.69) is 57.1 Å². The second kappa shape index (κ2) is 6.72. The molecule has 2 aromatic heterocycles. The van der Waals surface area contributed by atoms with Crippen molar-refractivity contribution in [3.8, 4) is 10.4 Å². The number of benzene rings is 1. The Morgan fingerprint density at radius 1 is 1.17 bits per heavy atom. The van der Waals surface area contributed by atoms with Gasteiger partial charge < -0.3 is 5.32 Å². The normalized spacial score (nSPS) is 17.0. The molecule has 0 aliphatic carbocycles. The van der Waals surface area contributed by atoms with Gasteiger partial charge in [0.1, 0.15) is 12.1 Å². The van der Waals surface area contributed by atoms with Gasteiger partial charge in [-0.3, -0.25) is 0 Å². The minimum absolute atomic E-state index is 0.711. The highest BCUT2D eigenvalue weighted by Crippen LogP contribution is 2.35. The van der Waals surface area contributed by atoms with E-state index in [0.29, 0.717) is 5.25 Å². The SMILES string of the molecule is C1=CSC(CCNc2ncnc3cc(-c4ccccc4)sc23)C1. The van der Waals surface area contributed by atoms with Crippen molar-refractivity contribution >= 4 is 39.1 Å². The predicted octanol–water partition coefficient (Wildman–Crippen LogP) is 5.18. The van der Waals surface area contributed by atoms with Crippen molar-refractivity contribution in [2.75, 3.05) is 11.9 Å². The van der Waals surface area contributed by atoms with Crippen molar-refractivity contribution in [1.29, 1.82) is 0 Å². The fourth-order valence-corrected chi connectivity index (χ4v) is 4.69. The van der Waals surface area contributed by atoms with E-state index < -0.39 is 0 Å². The molecule has 23 heavy (non-hydrogen) atoms. The molecule has 116 valence electrons. The zero-order valence-corrected chi connectivity index (χ0v) is 14.2. The maximum Gasteiger partial charge on any atom is 0.147 e. The third-order valence-electron chi connectivity index (χ3n) is 3.89. The minimum Gasteiger partial charge on any atom is -0.369 e. The molecule has 0 fully saturated rings. The molecule has 1 N–H and O–H groups in total. The van der Waals surface area contributed by atoms with Crippen LogP contribution in [0.15, 0.2) is 54.2 Å². The first-order valence-corrected chi connectivity index (χ1v) is 9.50. The number of hydrogen-bond donors (Lipinski definition) is 1. The van der Waals surface area contributed by atoms with Gasteiger partial charge >= 0.3 is 0 Å². The van der Waals surface area contributed by atoms with Gasteiger partial charge in [0.2, 0.25) is 0 Å². The number of aromatic nitrogens is 2. The third kappa shape index (κ3) is 3.26. The van der Waals surface area contributed by atoms with Crippen LogP contribution in [-0.2, 0) is 0 Å². The summed E-state index contributed by atoms with van der Waals surface area (Å²) in [5.74, 6) is 0.957. The van der Waals surface area contributed by atoms with E-state index in [4.69, 9.17) is 0 Å². The first kappa shape index (κ1) is 14.7. The zero-order valence-electron chi connectivity index (χ0n) is 12.6. The monoisotopic (exact) mass is 339 g/mol. The van der Waals surface area contributed by atoms with Crippen LogP contribution >= 0.6 is 23.1 Å². The van der Waals surface area contributed by atoms with Gasteiger partial charge in [-0.1, -0.05) is 36.4 Å². The summed E-state index contributed by atoms with van der Waals surface area (Å²) in [7, 11) is 0. The summed E-state index contributed by atoms with van der Waals surface area (Å²) in [6, 6.07) is 12.6. The zero-order chi connectivity index (χ0) is 15.5. The van der Waals surface area contributed by atoms with Crippen molar-refractivity contribution in [2.24, 2.45) is 0 Å². The standard InChI is InChI=1S/C18H17N3S2/c1-2-5-13(6-3-1)16-11-15-17(23-16)18(21-12-20-15)19-9-8-14-7-4-10-22-14/h1-6,10-12,14H,7-9H2,(H,19,20,21). The Bertz CT molecular complexity index is 819. The Morgan fingerprint density at radius 3 is 2.91 bits per heavy atom. The van der Waals surface area contributed by atoms with Crippen LogP contribution in [0.5, 0.6) is 0 Å². The van der Waals surface area contributed by atoms with Crippen LogP contribution in [0, 0.1) is 0 Å². The molecule has 1 aliphatic heterocycles. The van der Waals surface area contributed by atoms with E-state index in [1.807, 2.05) is 17.8 Å². The van der Waals surface area contributed by atoms with Crippen LogP contribution in [0.3, 0.4) is 0 Å².